The highest BCUT2D eigenvalue weighted by Gasteiger charge is 1.98. The number of rotatable bonds is 4. The molecule has 2 nitrogen and oxygen atoms in total. The maximum atomic E-state index is 10.5. The van der Waals surface area contributed by atoms with Crippen LogP contribution in [0.1, 0.15) is 25.3 Å². The van der Waals surface area contributed by atoms with Crippen LogP contribution in [0.25, 0.3) is 0 Å². The number of esters is 1. The van der Waals surface area contributed by atoms with Crippen LogP contribution in [0.4, 0.5) is 0 Å². The molecule has 1 aromatic carbocycles. The molecule has 80 valence electrons. The monoisotopic (exact) mass is 204 g/mol. The Balaban J connectivity index is 2.42. The van der Waals surface area contributed by atoms with E-state index in [-0.39, 0.29) is 5.97 Å². The van der Waals surface area contributed by atoms with Crippen LogP contribution >= 0.6 is 0 Å². The molecule has 0 N–H and O–H groups in total. The summed E-state index contributed by atoms with van der Waals surface area (Å²) in [6, 6.07) is 10.2. The number of hydrogen-bond acceptors (Lipinski definition) is 2. The van der Waals surface area contributed by atoms with Crippen molar-refractivity contribution in [2.24, 2.45) is 0 Å². The van der Waals surface area contributed by atoms with Gasteiger partial charge >= 0.3 is 5.97 Å². The summed E-state index contributed by atoms with van der Waals surface area (Å²) in [5.41, 5.74) is 1.26. The van der Waals surface area contributed by atoms with E-state index in [2.05, 4.69) is 19.1 Å². The smallest absolute Gasteiger partial charge is 0.302 e. The van der Waals surface area contributed by atoms with Crippen molar-refractivity contribution in [1.82, 2.24) is 0 Å². The molecule has 0 heterocycles. The van der Waals surface area contributed by atoms with Crippen LogP contribution < -0.4 is 0 Å². The number of hydrogen-bond donors (Lipinski definition) is 0. The van der Waals surface area contributed by atoms with Crippen molar-refractivity contribution in [3.05, 3.63) is 48.0 Å². The fraction of sp³-hybridized carbons (Fsp3) is 0.308. The molecule has 1 atom stereocenters. The van der Waals surface area contributed by atoms with E-state index >= 15 is 0 Å². The molecule has 0 fully saturated rings. The second-order valence-electron chi connectivity index (χ2n) is 3.43. The number of carbonyl (C=O) groups is 1. The van der Waals surface area contributed by atoms with E-state index < -0.39 is 0 Å². The molecule has 1 rings (SSSR count). The summed E-state index contributed by atoms with van der Waals surface area (Å²) in [6.07, 6.45) is 3.91. The molecule has 0 aromatic heterocycles. The molecule has 0 saturated carbocycles. The average Bonchev–Trinajstić information content (AvgIpc) is 2.25. The van der Waals surface area contributed by atoms with Gasteiger partial charge in [-0.3, -0.25) is 4.79 Å². The van der Waals surface area contributed by atoms with Crippen LogP contribution in [0.5, 0.6) is 0 Å². The first-order chi connectivity index (χ1) is 7.20. The number of carbonyl (C=O) groups excluding carboxylic acids is 1. The van der Waals surface area contributed by atoms with E-state index in [9.17, 15) is 4.79 Å². The van der Waals surface area contributed by atoms with E-state index in [1.165, 1.54) is 12.5 Å². The first-order valence-corrected chi connectivity index (χ1v) is 5.05. The lowest BCUT2D eigenvalue weighted by Crippen LogP contribution is -1.98. The topological polar surface area (TPSA) is 26.3 Å². The third kappa shape index (κ3) is 4.45. The average molecular weight is 204 g/mol. The van der Waals surface area contributed by atoms with E-state index in [1.54, 1.807) is 0 Å². The van der Waals surface area contributed by atoms with Crippen molar-refractivity contribution in [3.8, 4) is 0 Å². The summed E-state index contributed by atoms with van der Waals surface area (Å²) >= 11 is 0. The maximum Gasteiger partial charge on any atom is 0.302 e. The fourth-order valence-electron chi connectivity index (χ4n) is 1.29. The minimum Gasteiger partial charge on any atom is -0.462 e. The Morgan fingerprint density at radius 2 is 2.07 bits per heavy atom. The van der Waals surface area contributed by atoms with Gasteiger partial charge in [0.1, 0.15) is 6.61 Å². The zero-order valence-corrected chi connectivity index (χ0v) is 9.14. The molecule has 0 spiro atoms. The van der Waals surface area contributed by atoms with E-state index in [4.69, 9.17) is 4.74 Å². The Kier molecular flexibility index (Phi) is 4.61. The summed E-state index contributed by atoms with van der Waals surface area (Å²) in [7, 11) is 0. The van der Waals surface area contributed by atoms with E-state index in [1.807, 2.05) is 30.4 Å². The van der Waals surface area contributed by atoms with Crippen LogP contribution in [-0.2, 0) is 9.53 Å². The first kappa shape index (κ1) is 11.5. The summed E-state index contributed by atoms with van der Waals surface area (Å²) in [5.74, 6) is 0.105. The standard InChI is InChI=1S/C13H16O2/c1-11(7-6-10-15-12(2)14)13-8-4-3-5-9-13/h3-9,11H,10H2,1-2H3/b7-6+. The first-order valence-electron chi connectivity index (χ1n) is 5.05. The van der Waals surface area contributed by atoms with Gasteiger partial charge in [0.15, 0.2) is 0 Å². The minimum absolute atomic E-state index is 0.244. The molecular formula is C13H16O2. The summed E-state index contributed by atoms with van der Waals surface area (Å²) in [5, 5.41) is 0. The number of allylic oxidation sites excluding steroid dienone is 1. The minimum atomic E-state index is -0.244. The van der Waals surface area contributed by atoms with Crippen molar-refractivity contribution in [3.63, 3.8) is 0 Å². The molecule has 15 heavy (non-hydrogen) atoms. The molecule has 2 heteroatoms. The van der Waals surface area contributed by atoms with E-state index in [0.29, 0.717) is 12.5 Å². The Labute approximate surface area is 90.6 Å². The lowest BCUT2D eigenvalue weighted by atomic mass is 10.0. The van der Waals surface area contributed by atoms with Crippen molar-refractivity contribution >= 4 is 5.97 Å². The van der Waals surface area contributed by atoms with Gasteiger partial charge < -0.3 is 4.74 Å². The van der Waals surface area contributed by atoms with Crippen molar-refractivity contribution in [1.29, 1.82) is 0 Å². The molecule has 0 aliphatic carbocycles. The van der Waals surface area contributed by atoms with Crippen LogP contribution in [0, 0.1) is 0 Å². The van der Waals surface area contributed by atoms with Gasteiger partial charge in [-0.15, -0.1) is 0 Å². The van der Waals surface area contributed by atoms with Crippen LogP contribution in [0.3, 0.4) is 0 Å². The third-order valence-electron chi connectivity index (χ3n) is 2.13. The van der Waals surface area contributed by atoms with Gasteiger partial charge in [-0.2, -0.15) is 0 Å². The number of benzene rings is 1. The normalized spacial score (nSPS) is 12.7. The molecule has 0 aliphatic rings. The molecule has 0 bridgehead atoms. The zero-order chi connectivity index (χ0) is 11.1. The van der Waals surface area contributed by atoms with Crippen LogP contribution in [-0.4, -0.2) is 12.6 Å². The number of ether oxygens (including phenoxy) is 1. The van der Waals surface area contributed by atoms with Gasteiger partial charge in [0.25, 0.3) is 0 Å². The zero-order valence-electron chi connectivity index (χ0n) is 9.14. The SMILES string of the molecule is CC(=O)OC/C=C/C(C)c1ccccc1. The molecule has 0 aliphatic heterocycles. The molecule has 0 amide bonds. The van der Waals surface area contributed by atoms with Crippen molar-refractivity contribution in [2.45, 2.75) is 19.8 Å². The fourth-order valence-corrected chi connectivity index (χ4v) is 1.29. The van der Waals surface area contributed by atoms with Gasteiger partial charge in [-0.1, -0.05) is 49.4 Å². The van der Waals surface area contributed by atoms with Gasteiger partial charge in [0.05, 0.1) is 0 Å². The highest BCUT2D eigenvalue weighted by Crippen LogP contribution is 2.15. The van der Waals surface area contributed by atoms with Crippen LogP contribution in [0.2, 0.25) is 0 Å². The quantitative estimate of drug-likeness (QED) is 0.557. The second kappa shape index (κ2) is 6.02. The lowest BCUT2D eigenvalue weighted by molar-refractivity contribution is -0.139. The molecule has 1 aromatic rings. The van der Waals surface area contributed by atoms with Gasteiger partial charge in [-0.05, 0) is 11.5 Å². The molecular weight excluding hydrogens is 188 g/mol. The van der Waals surface area contributed by atoms with Crippen molar-refractivity contribution in [2.75, 3.05) is 6.61 Å². The lowest BCUT2D eigenvalue weighted by Gasteiger charge is -2.05. The Morgan fingerprint density at radius 1 is 1.40 bits per heavy atom. The Bertz CT molecular complexity index is 328. The maximum absolute atomic E-state index is 10.5. The molecule has 1 unspecified atom stereocenters. The van der Waals surface area contributed by atoms with Gasteiger partial charge in [-0.25, -0.2) is 0 Å². The molecule has 0 saturated heterocycles. The van der Waals surface area contributed by atoms with Gasteiger partial charge in [0, 0.05) is 6.92 Å². The third-order valence-corrected chi connectivity index (χ3v) is 2.13. The van der Waals surface area contributed by atoms with E-state index in [0.717, 1.165) is 0 Å². The highest BCUT2D eigenvalue weighted by atomic mass is 16.5. The summed E-state index contributed by atoms with van der Waals surface area (Å²) < 4.78 is 4.80. The Hall–Kier alpha value is -1.57. The van der Waals surface area contributed by atoms with Crippen molar-refractivity contribution < 1.29 is 9.53 Å². The Morgan fingerprint density at radius 3 is 2.67 bits per heavy atom. The predicted octanol–water partition coefficient (Wildman–Crippen LogP) is 2.91. The predicted molar refractivity (Wildman–Crippen MR) is 60.6 cm³/mol. The van der Waals surface area contributed by atoms with Crippen LogP contribution in [0.15, 0.2) is 42.5 Å². The summed E-state index contributed by atoms with van der Waals surface area (Å²) in [4.78, 5) is 10.5. The van der Waals surface area contributed by atoms with Gasteiger partial charge in [0.2, 0.25) is 0 Å². The highest BCUT2D eigenvalue weighted by molar-refractivity contribution is 5.65. The largest absolute Gasteiger partial charge is 0.462 e. The molecule has 0 radical (unpaired) electrons. The second-order valence-corrected chi connectivity index (χ2v) is 3.43. The summed E-state index contributed by atoms with van der Waals surface area (Å²) in [6.45, 7) is 3.88.